The molecule has 1 amide bonds. The number of nitrogens with one attached hydrogen (secondary N) is 1. The van der Waals surface area contributed by atoms with E-state index in [1.165, 1.54) is 0 Å². The van der Waals surface area contributed by atoms with Gasteiger partial charge in [0.15, 0.2) is 0 Å². The Bertz CT molecular complexity index is 362. The van der Waals surface area contributed by atoms with Crippen molar-refractivity contribution in [3.05, 3.63) is 35.4 Å². The van der Waals surface area contributed by atoms with Crippen LogP contribution in [0.15, 0.2) is 24.3 Å². The molecular formula is C12H14N2O. The predicted octanol–water partition coefficient (Wildman–Crippen LogP) is 0.746. The standard InChI is InChI=1S/C12H14N2O/c1-2-10-4-6-11(7-5-10)12(15)14-9-3-8-13/h1,4-7H,3,8-9,13H2,(H,14,15). The third kappa shape index (κ3) is 3.45. The summed E-state index contributed by atoms with van der Waals surface area (Å²) in [6, 6.07) is 6.93. The van der Waals surface area contributed by atoms with Gasteiger partial charge in [-0.15, -0.1) is 6.42 Å². The van der Waals surface area contributed by atoms with Gasteiger partial charge in [-0.1, -0.05) is 5.92 Å². The zero-order valence-electron chi connectivity index (χ0n) is 8.49. The van der Waals surface area contributed by atoms with Crippen LogP contribution in [-0.4, -0.2) is 19.0 Å². The Morgan fingerprint density at radius 3 is 2.60 bits per heavy atom. The fourth-order valence-corrected chi connectivity index (χ4v) is 1.12. The van der Waals surface area contributed by atoms with E-state index in [0.717, 1.165) is 12.0 Å². The van der Waals surface area contributed by atoms with Crippen molar-refractivity contribution in [2.45, 2.75) is 6.42 Å². The van der Waals surface area contributed by atoms with Crippen molar-refractivity contribution < 1.29 is 4.79 Å². The van der Waals surface area contributed by atoms with Gasteiger partial charge < -0.3 is 11.1 Å². The first-order chi connectivity index (χ1) is 7.27. The second-order valence-electron chi connectivity index (χ2n) is 3.12. The lowest BCUT2D eigenvalue weighted by Gasteiger charge is -2.03. The van der Waals surface area contributed by atoms with E-state index in [2.05, 4.69) is 11.2 Å². The van der Waals surface area contributed by atoms with Gasteiger partial charge >= 0.3 is 0 Å². The number of rotatable bonds is 4. The highest BCUT2D eigenvalue weighted by Gasteiger charge is 2.03. The molecule has 0 aromatic heterocycles. The quantitative estimate of drug-likeness (QED) is 0.559. The molecule has 0 saturated carbocycles. The molecule has 0 aliphatic rings. The summed E-state index contributed by atoms with van der Waals surface area (Å²) in [4.78, 5) is 11.5. The van der Waals surface area contributed by atoms with Crippen LogP contribution in [0.2, 0.25) is 0 Å². The number of nitrogens with two attached hydrogens (primary N) is 1. The minimum atomic E-state index is -0.0907. The lowest BCUT2D eigenvalue weighted by Crippen LogP contribution is -2.25. The van der Waals surface area contributed by atoms with Crippen LogP contribution in [-0.2, 0) is 0 Å². The first-order valence-electron chi connectivity index (χ1n) is 4.83. The molecular weight excluding hydrogens is 188 g/mol. The number of carbonyl (C=O) groups excluding carboxylic acids is 1. The van der Waals surface area contributed by atoms with E-state index in [9.17, 15) is 4.79 Å². The summed E-state index contributed by atoms with van der Waals surface area (Å²) in [5, 5.41) is 2.77. The zero-order valence-corrected chi connectivity index (χ0v) is 8.49. The van der Waals surface area contributed by atoms with E-state index in [-0.39, 0.29) is 5.91 Å². The molecule has 0 unspecified atom stereocenters. The smallest absolute Gasteiger partial charge is 0.251 e. The Balaban J connectivity index is 2.55. The van der Waals surface area contributed by atoms with E-state index in [4.69, 9.17) is 12.2 Å². The summed E-state index contributed by atoms with van der Waals surface area (Å²) in [5.41, 5.74) is 6.71. The fraction of sp³-hybridized carbons (Fsp3) is 0.250. The molecule has 1 aromatic carbocycles. The van der Waals surface area contributed by atoms with E-state index < -0.39 is 0 Å². The van der Waals surface area contributed by atoms with Gasteiger partial charge in [-0.25, -0.2) is 0 Å². The normalized spacial score (nSPS) is 9.33. The average molecular weight is 202 g/mol. The highest BCUT2D eigenvalue weighted by molar-refractivity contribution is 5.94. The minimum absolute atomic E-state index is 0.0907. The molecule has 3 heteroatoms. The topological polar surface area (TPSA) is 55.1 Å². The minimum Gasteiger partial charge on any atom is -0.352 e. The number of hydrogen-bond donors (Lipinski definition) is 2. The number of amides is 1. The molecule has 0 saturated heterocycles. The fourth-order valence-electron chi connectivity index (χ4n) is 1.12. The Morgan fingerprint density at radius 1 is 1.40 bits per heavy atom. The van der Waals surface area contributed by atoms with Crippen molar-refractivity contribution in [3.8, 4) is 12.3 Å². The van der Waals surface area contributed by atoms with Gasteiger partial charge in [-0.3, -0.25) is 4.79 Å². The molecule has 1 aromatic rings. The van der Waals surface area contributed by atoms with Gasteiger partial charge in [0, 0.05) is 17.7 Å². The van der Waals surface area contributed by atoms with Crippen molar-refractivity contribution >= 4 is 5.91 Å². The maximum atomic E-state index is 11.5. The molecule has 0 bridgehead atoms. The highest BCUT2D eigenvalue weighted by Crippen LogP contribution is 2.02. The van der Waals surface area contributed by atoms with Crippen LogP contribution in [0.25, 0.3) is 0 Å². The lowest BCUT2D eigenvalue weighted by molar-refractivity contribution is 0.0953. The van der Waals surface area contributed by atoms with Gasteiger partial charge in [0.05, 0.1) is 0 Å². The van der Waals surface area contributed by atoms with Crippen molar-refractivity contribution in [1.29, 1.82) is 0 Å². The number of hydrogen-bond acceptors (Lipinski definition) is 2. The molecule has 1 rings (SSSR count). The van der Waals surface area contributed by atoms with Crippen molar-refractivity contribution in [1.82, 2.24) is 5.32 Å². The molecule has 0 radical (unpaired) electrons. The Labute approximate surface area is 89.7 Å². The van der Waals surface area contributed by atoms with Crippen molar-refractivity contribution in [2.75, 3.05) is 13.1 Å². The van der Waals surface area contributed by atoms with Crippen LogP contribution in [0.1, 0.15) is 22.3 Å². The van der Waals surface area contributed by atoms with Gasteiger partial charge in [0.25, 0.3) is 5.91 Å². The summed E-state index contributed by atoms with van der Waals surface area (Å²) >= 11 is 0. The highest BCUT2D eigenvalue weighted by atomic mass is 16.1. The van der Waals surface area contributed by atoms with Gasteiger partial charge in [0.1, 0.15) is 0 Å². The first-order valence-corrected chi connectivity index (χ1v) is 4.83. The molecule has 0 heterocycles. The Kier molecular flexibility index (Phi) is 4.39. The summed E-state index contributed by atoms with van der Waals surface area (Å²) in [6.07, 6.45) is 6.00. The van der Waals surface area contributed by atoms with Gasteiger partial charge in [-0.2, -0.15) is 0 Å². The summed E-state index contributed by atoms with van der Waals surface area (Å²) in [5.74, 6) is 2.41. The van der Waals surface area contributed by atoms with Gasteiger partial charge in [-0.05, 0) is 37.2 Å². The van der Waals surface area contributed by atoms with Gasteiger partial charge in [0.2, 0.25) is 0 Å². The number of carbonyl (C=O) groups is 1. The molecule has 0 aliphatic carbocycles. The second-order valence-corrected chi connectivity index (χ2v) is 3.12. The van der Waals surface area contributed by atoms with Crippen LogP contribution in [0.3, 0.4) is 0 Å². The third-order valence-electron chi connectivity index (χ3n) is 1.98. The molecule has 0 fully saturated rings. The Hall–Kier alpha value is -1.79. The van der Waals surface area contributed by atoms with Crippen LogP contribution < -0.4 is 11.1 Å². The van der Waals surface area contributed by atoms with Crippen LogP contribution >= 0.6 is 0 Å². The maximum absolute atomic E-state index is 11.5. The van der Waals surface area contributed by atoms with Crippen molar-refractivity contribution in [2.24, 2.45) is 5.73 Å². The number of benzene rings is 1. The average Bonchev–Trinajstić information content (AvgIpc) is 2.29. The number of terminal acetylenes is 1. The van der Waals surface area contributed by atoms with E-state index in [0.29, 0.717) is 18.7 Å². The molecule has 0 aliphatic heterocycles. The molecule has 78 valence electrons. The third-order valence-corrected chi connectivity index (χ3v) is 1.98. The monoisotopic (exact) mass is 202 g/mol. The molecule has 0 atom stereocenters. The largest absolute Gasteiger partial charge is 0.352 e. The molecule has 0 spiro atoms. The zero-order chi connectivity index (χ0) is 11.1. The van der Waals surface area contributed by atoms with Crippen molar-refractivity contribution in [3.63, 3.8) is 0 Å². The lowest BCUT2D eigenvalue weighted by atomic mass is 10.1. The van der Waals surface area contributed by atoms with E-state index in [1.807, 2.05) is 0 Å². The first kappa shape index (κ1) is 11.3. The summed E-state index contributed by atoms with van der Waals surface area (Å²) < 4.78 is 0. The molecule has 3 N–H and O–H groups in total. The SMILES string of the molecule is C#Cc1ccc(C(=O)NCCCN)cc1. The molecule has 15 heavy (non-hydrogen) atoms. The van der Waals surface area contributed by atoms with E-state index >= 15 is 0 Å². The summed E-state index contributed by atoms with van der Waals surface area (Å²) in [7, 11) is 0. The maximum Gasteiger partial charge on any atom is 0.251 e. The summed E-state index contributed by atoms with van der Waals surface area (Å²) in [6.45, 7) is 1.18. The van der Waals surface area contributed by atoms with Crippen LogP contribution in [0, 0.1) is 12.3 Å². The van der Waals surface area contributed by atoms with Crippen LogP contribution in [0.4, 0.5) is 0 Å². The second kappa shape index (κ2) is 5.84. The Morgan fingerprint density at radius 2 is 2.07 bits per heavy atom. The predicted molar refractivity (Wildman–Crippen MR) is 60.4 cm³/mol. The molecule has 3 nitrogen and oxygen atoms in total. The van der Waals surface area contributed by atoms with E-state index in [1.54, 1.807) is 24.3 Å². The van der Waals surface area contributed by atoms with Crippen LogP contribution in [0.5, 0.6) is 0 Å².